The Hall–Kier alpha value is -1.65. The normalized spacial score (nSPS) is 12.4. The van der Waals surface area contributed by atoms with Crippen molar-refractivity contribution < 1.29 is 22.1 Å². The molecule has 118 valence electrons. The third-order valence-electron chi connectivity index (χ3n) is 2.75. The molecule has 0 saturated heterocycles. The largest absolute Gasteiger partial charge is 0.325 e. The molecule has 1 aromatic carbocycles. The number of nitrogens with one attached hydrogen (secondary N) is 1. The van der Waals surface area contributed by atoms with Crippen LogP contribution in [0.2, 0.25) is 0 Å². The highest BCUT2D eigenvalue weighted by molar-refractivity contribution is 7.89. The van der Waals surface area contributed by atoms with Crippen molar-refractivity contribution in [2.75, 3.05) is 13.1 Å². The molecule has 0 aliphatic heterocycles. The molecule has 1 rings (SSSR count). The van der Waals surface area contributed by atoms with E-state index in [1.807, 2.05) is 0 Å². The fourth-order valence-electron chi connectivity index (χ4n) is 1.55. The van der Waals surface area contributed by atoms with Gasteiger partial charge in [0.05, 0.1) is 22.9 Å². The monoisotopic (exact) mass is 323 g/mol. The molecule has 0 radical (unpaired) electrons. The van der Waals surface area contributed by atoms with Gasteiger partial charge in [-0.1, -0.05) is 13.0 Å². The van der Waals surface area contributed by atoms with Gasteiger partial charge in [-0.25, -0.2) is 21.9 Å². The first-order valence-electron chi connectivity index (χ1n) is 5.98. The minimum absolute atomic E-state index is 0.279. The standard InChI is InChI=1S/C11H15F2N3O4S/c1-2-8-3-4-9(16(17)18)5-10(8)21(19,20)15-7-11(12,13)6-14/h3-5,15H,2,6-7,14H2,1H3. The van der Waals surface area contributed by atoms with E-state index < -0.39 is 39.6 Å². The highest BCUT2D eigenvalue weighted by Gasteiger charge is 2.30. The van der Waals surface area contributed by atoms with E-state index in [1.165, 1.54) is 6.07 Å². The number of hydrogen-bond acceptors (Lipinski definition) is 5. The summed E-state index contributed by atoms with van der Waals surface area (Å²) in [5.41, 5.74) is 4.68. The quantitative estimate of drug-likeness (QED) is 0.574. The summed E-state index contributed by atoms with van der Waals surface area (Å²) in [6, 6.07) is 3.29. The van der Waals surface area contributed by atoms with Crippen molar-refractivity contribution >= 4 is 15.7 Å². The van der Waals surface area contributed by atoms with E-state index in [9.17, 15) is 27.3 Å². The number of rotatable bonds is 7. The number of alkyl halides is 2. The van der Waals surface area contributed by atoms with Crippen LogP contribution in [-0.2, 0) is 16.4 Å². The first-order chi connectivity index (χ1) is 9.63. The van der Waals surface area contributed by atoms with Crippen molar-refractivity contribution in [3.05, 3.63) is 33.9 Å². The zero-order chi connectivity index (χ0) is 16.3. The van der Waals surface area contributed by atoms with Gasteiger partial charge in [0.15, 0.2) is 0 Å². The molecule has 1 aromatic rings. The van der Waals surface area contributed by atoms with Crippen molar-refractivity contribution in [2.45, 2.75) is 24.2 Å². The maximum atomic E-state index is 13.0. The van der Waals surface area contributed by atoms with E-state index in [1.54, 1.807) is 11.6 Å². The average Bonchev–Trinajstić information content (AvgIpc) is 2.44. The number of nitrogens with zero attached hydrogens (tertiary/aromatic N) is 1. The Kier molecular flexibility index (Phi) is 5.31. The second-order valence-corrected chi connectivity index (χ2v) is 6.02. The molecule has 3 N–H and O–H groups in total. The van der Waals surface area contributed by atoms with Gasteiger partial charge < -0.3 is 5.73 Å². The van der Waals surface area contributed by atoms with Gasteiger partial charge in [0.2, 0.25) is 10.0 Å². The predicted molar refractivity (Wildman–Crippen MR) is 71.7 cm³/mol. The third-order valence-corrected chi connectivity index (χ3v) is 4.23. The van der Waals surface area contributed by atoms with Crippen LogP contribution in [-0.4, -0.2) is 32.4 Å². The van der Waals surface area contributed by atoms with Crippen LogP contribution in [0.1, 0.15) is 12.5 Å². The molecular weight excluding hydrogens is 308 g/mol. The van der Waals surface area contributed by atoms with E-state index in [0.717, 1.165) is 12.1 Å². The van der Waals surface area contributed by atoms with E-state index in [2.05, 4.69) is 0 Å². The van der Waals surface area contributed by atoms with Crippen LogP contribution >= 0.6 is 0 Å². The molecule has 10 heteroatoms. The van der Waals surface area contributed by atoms with Gasteiger partial charge in [-0.3, -0.25) is 10.1 Å². The van der Waals surface area contributed by atoms with E-state index >= 15 is 0 Å². The molecule has 0 atom stereocenters. The van der Waals surface area contributed by atoms with Crippen LogP contribution in [0.25, 0.3) is 0 Å². The second-order valence-electron chi connectivity index (χ2n) is 4.29. The number of aryl methyl sites for hydroxylation is 1. The Balaban J connectivity index is 3.17. The van der Waals surface area contributed by atoms with Gasteiger partial charge >= 0.3 is 0 Å². The Morgan fingerprint density at radius 2 is 2.05 bits per heavy atom. The number of hydrogen-bond donors (Lipinski definition) is 2. The first kappa shape index (κ1) is 17.4. The molecule has 0 spiro atoms. The highest BCUT2D eigenvalue weighted by atomic mass is 32.2. The molecule has 0 fully saturated rings. The topological polar surface area (TPSA) is 115 Å². The highest BCUT2D eigenvalue weighted by Crippen LogP contribution is 2.23. The Labute approximate surface area is 120 Å². The minimum Gasteiger partial charge on any atom is -0.325 e. The van der Waals surface area contributed by atoms with Gasteiger partial charge in [-0.05, 0) is 12.0 Å². The number of nitrogens with two attached hydrogens (primary N) is 1. The molecule has 0 heterocycles. The van der Waals surface area contributed by atoms with Gasteiger partial charge in [0, 0.05) is 12.1 Å². The third kappa shape index (κ3) is 4.41. The lowest BCUT2D eigenvalue weighted by molar-refractivity contribution is -0.385. The van der Waals surface area contributed by atoms with Gasteiger partial charge in [-0.15, -0.1) is 0 Å². The summed E-state index contributed by atoms with van der Waals surface area (Å²) in [7, 11) is -4.29. The zero-order valence-corrected chi connectivity index (χ0v) is 12.0. The number of sulfonamides is 1. The molecule has 21 heavy (non-hydrogen) atoms. The van der Waals surface area contributed by atoms with Crippen molar-refractivity contribution in [1.82, 2.24) is 4.72 Å². The maximum absolute atomic E-state index is 13.0. The van der Waals surface area contributed by atoms with E-state index in [-0.39, 0.29) is 11.3 Å². The molecule has 7 nitrogen and oxygen atoms in total. The summed E-state index contributed by atoms with van der Waals surface area (Å²) in [5, 5.41) is 10.7. The summed E-state index contributed by atoms with van der Waals surface area (Å²) in [5.74, 6) is -3.39. The van der Waals surface area contributed by atoms with Crippen molar-refractivity contribution in [3.63, 3.8) is 0 Å². The van der Waals surface area contributed by atoms with Crippen molar-refractivity contribution in [1.29, 1.82) is 0 Å². The van der Waals surface area contributed by atoms with Crippen LogP contribution < -0.4 is 10.5 Å². The number of benzene rings is 1. The summed E-state index contributed by atoms with van der Waals surface area (Å²) in [4.78, 5) is 9.56. The lowest BCUT2D eigenvalue weighted by Crippen LogP contribution is -2.41. The van der Waals surface area contributed by atoms with Crippen molar-refractivity contribution in [3.8, 4) is 0 Å². The average molecular weight is 323 g/mol. The summed E-state index contributed by atoms with van der Waals surface area (Å²) in [6.45, 7) is -0.530. The fourth-order valence-corrected chi connectivity index (χ4v) is 2.94. The van der Waals surface area contributed by atoms with E-state index in [4.69, 9.17) is 5.73 Å². The molecule has 0 aliphatic carbocycles. The smallest absolute Gasteiger partial charge is 0.273 e. The predicted octanol–water partition coefficient (Wildman–Crippen LogP) is 1.03. The summed E-state index contributed by atoms with van der Waals surface area (Å²) in [6.07, 6.45) is 0.279. The van der Waals surface area contributed by atoms with Crippen LogP contribution in [0.4, 0.5) is 14.5 Å². The minimum atomic E-state index is -4.29. The van der Waals surface area contributed by atoms with Gasteiger partial charge in [-0.2, -0.15) is 0 Å². The molecule has 0 aromatic heterocycles. The summed E-state index contributed by atoms with van der Waals surface area (Å²) < 4.78 is 51.9. The Morgan fingerprint density at radius 1 is 1.43 bits per heavy atom. The molecule has 0 saturated carbocycles. The van der Waals surface area contributed by atoms with Crippen LogP contribution in [0.15, 0.2) is 23.1 Å². The van der Waals surface area contributed by atoms with Crippen LogP contribution in [0.5, 0.6) is 0 Å². The SMILES string of the molecule is CCc1ccc([N+](=O)[O-])cc1S(=O)(=O)NCC(F)(F)CN. The Morgan fingerprint density at radius 3 is 2.52 bits per heavy atom. The number of non-ortho nitro benzene ring substituents is 1. The maximum Gasteiger partial charge on any atom is 0.273 e. The Bertz CT molecular complexity index is 634. The number of halogens is 2. The summed E-state index contributed by atoms with van der Waals surface area (Å²) >= 11 is 0. The number of nitro groups is 1. The van der Waals surface area contributed by atoms with Crippen LogP contribution in [0, 0.1) is 10.1 Å². The number of nitro benzene ring substituents is 1. The lowest BCUT2D eigenvalue weighted by Gasteiger charge is -2.16. The van der Waals surface area contributed by atoms with Crippen LogP contribution in [0.3, 0.4) is 0 Å². The lowest BCUT2D eigenvalue weighted by atomic mass is 10.1. The molecule has 0 unspecified atom stereocenters. The molecular formula is C11H15F2N3O4S. The van der Waals surface area contributed by atoms with Gasteiger partial charge in [0.1, 0.15) is 0 Å². The molecule has 0 amide bonds. The van der Waals surface area contributed by atoms with Gasteiger partial charge in [0.25, 0.3) is 11.6 Å². The molecule has 0 bridgehead atoms. The second kappa shape index (κ2) is 6.41. The van der Waals surface area contributed by atoms with Crippen molar-refractivity contribution in [2.24, 2.45) is 5.73 Å². The van der Waals surface area contributed by atoms with E-state index in [0.29, 0.717) is 5.56 Å². The molecule has 0 aliphatic rings. The first-order valence-corrected chi connectivity index (χ1v) is 7.46. The fraction of sp³-hybridized carbons (Fsp3) is 0.455. The zero-order valence-electron chi connectivity index (χ0n) is 11.2.